The van der Waals surface area contributed by atoms with Crippen molar-refractivity contribution < 1.29 is 13.2 Å². The van der Waals surface area contributed by atoms with Gasteiger partial charge in [0, 0.05) is 18.8 Å². The van der Waals surface area contributed by atoms with Crippen LogP contribution in [-0.2, 0) is 6.54 Å². The Balaban J connectivity index is 1.91. The average Bonchev–Trinajstić information content (AvgIpc) is 2.65. The highest BCUT2D eigenvalue weighted by molar-refractivity contribution is 5.44. The van der Waals surface area contributed by atoms with Crippen molar-refractivity contribution >= 4 is 5.82 Å². The van der Waals surface area contributed by atoms with Gasteiger partial charge in [0.25, 0.3) is 0 Å². The number of pyridine rings is 1. The molecule has 0 unspecified atom stereocenters. The SMILES string of the molecule is N#Cc1ccc(N(Cc2cc(F)c(F)c(F)c2)C2CCNCC2)nc1. The molecule has 1 aromatic heterocycles. The van der Waals surface area contributed by atoms with E-state index in [1.54, 1.807) is 12.1 Å². The van der Waals surface area contributed by atoms with Gasteiger partial charge in [-0.2, -0.15) is 5.26 Å². The fraction of sp³-hybridized carbons (Fsp3) is 0.333. The van der Waals surface area contributed by atoms with Crippen LogP contribution in [0.5, 0.6) is 0 Å². The molecule has 2 heterocycles. The van der Waals surface area contributed by atoms with Crippen LogP contribution in [0, 0.1) is 28.8 Å². The summed E-state index contributed by atoms with van der Waals surface area (Å²) >= 11 is 0. The molecule has 4 nitrogen and oxygen atoms in total. The number of benzene rings is 1. The molecule has 0 radical (unpaired) electrons. The molecule has 0 bridgehead atoms. The summed E-state index contributed by atoms with van der Waals surface area (Å²) < 4.78 is 40.3. The highest BCUT2D eigenvalue weighted by Crippen LogP contribution is 2.24. The van der Waals surface area contributed by atoms with Crippen LogP contribution in [0.4, 0.5) is 19.0 Å². The molecule has 1 fully saturated rings. The van der Waals surface area contributed by atoms with Gasteiger partial charge in [-0.05, 0) is 55.8 Å². The number of hydrogen-bond acceptors (Lipinski definition) is 4. The molecule has 3 rings (SSSR count). The number of piperidine rings is 1. The number of nitriles is 1. The lowest BCUT2D eigenvalue weighted by Crippen LogP contribution is -2.43. The summed E-state index contributed by atoms with van der Waals surface area (Å²) in [4.78, 5) is 6.26. The van der Waals surface area contributed by atoms with E-state index in [4.69, 9.17) is 5.26 Å². The maximum absolute atomic E-state index is 13.5. The number of anilines is 1. The Labute approximate surface area is 143 Å². The van der Waals surface area contributed by atoms with Crippen molar-refractivity contribution in [2.75, 3.05) is 18.0 Å². The average molecular weight is 346 g/mol. The second-order valence-corrected chi connectivity index (χ2v) is 6.00. The second-order valence-electron chi connectivity index (χ2n) is 6.00. The molecular weight excluding hydrogens is 329 g/mol. The van der Waals surface area contributed by atoms with E-state index in [1.807, 2.05) is 11.0 Å². The third-order valence-corrected chi connectivity index (χ3v) is 4.32. The first-order valence-corrected chi connectivity index (χ1v) is 8.05. The van der Waals surface area contributed by atoms with E-state index < -0.39 is 17.5 Å². The Morgan fingerprint density at radius 3 is 2.40 bits per heavy atom. The first kappa shape index (κ1) is 17.2. The molecule has 130 valence electrons. The normalized spacial score (nSPS) is 15.0. The van der Waals surface area contributed by atoms with Crippen molar-refractivity contribution in [3.8, 4) is 6.07 Å². The fourth-order valence-electron chi connectivity index (χ4n) is 3.03. The predicted molar refractivity (Wildman–Crippen MR) is 87.3 cm³/mol. The van der Waals surface area contributed by atoms with Crippen LogP contribution in [0.2, 0.25) is 0 Å². The van der Waals surface area contributed by atoms with Gasteiger partial charge in [-0.25, -0.2) is 18.2 Å². The maximum atomic E-state index is 13.5. The van der Waals surface area contributed by atoms with Gasteiger partial charge in [0.1, 0.15) is 11.9 Å². The van der Waals surface area contributed by atoms with E-state index in [0.29, 0.717) is 16.9 Å². The lowest BCUT2D eigenvalue weighted by Gasteiger charge is -2.35. The zero-order chi connectivity index (χ0) is 17.8. The first-order chi connectivity index (χ1) is 12.1. The van der Waals surface area contributed by atoms with Gasteiger partial charge in [-0.15, -0.1) is 0 Å². The van der Waals surface area contributed by atoms with Crippen molar-refractivity contribution in [1.29, 1.82) is 5.26 Å². The zero-order valence-corrected chi connectivity index (χ0v) is 13.5. The van der Waals surface area contributed by atoms with Crippen molar-refractivity contribution in [3.63, 3.8) is 0 Å². The number of aromatic nitrogens is 1. The molecule has 0 amide bonds. The van der Waals surface area contributed by atoms with Gasteiger partial charge in [0.2, 0.25) is 0 Å². The van der Waals surface area contributed by atoms with Crippen LogP contribution in [-0.4, -0.2) is 24.1 Å². The quantitative estimate of drug-likeness (QED) is 0.864. The van der Waals surface area contributed by atoms with Crippen molar-refractivity contribution in [1.82, 2.24) is 10.3 Å². The molecule has 1 N–H and O–H groups in total. The van der Waals surface area contributed by atoms with Gasteiger partial charge < -0.3 is 10.2 Å². The highest BCUT2D eigenvalue weighted by Gasteiger charge is 2.23. The van der Waals surface area contributed by atoms with Crippen LogP contribution in [0.1, 0.15) is 24.0 Å². The number of hydrogen-bond donors (Lipinski definition) is 1. The Hall–Kier alpha value is -2.59. The summed E-state index contributed by atoms with van der Waals surface area (Å²) in [5.74, 6) is -3.24. The minimum absolute atomic E-state index is 0.137. The molecule has 0 atom stereocenters. The summed E-state index contributed by atoms with van der Waals surface area (Å²) in [6.07, 6.45) is 3.18. The molecule has 0 saturated carbocycles. The number of halogens is 3. The van der Waals surface area contributed by atoms with Crippen LogP contribution in [0.15, 0.2) is 30.5 Å². The Morgan fingerprint density at radius 1 is 1.16 bits per heavy atom. The molecule has 7 heteroatoms. The Morgan fingerprint density at radius 2 is 1.84 bits per heavy atom. The summed E-state index contributed by atoms with van der Waals surface area (Å²) in [7, 11) is 0. The van der Waals surface area contributed by atoms with Crippen molar-refractivity contribution in [2.45, 2.75) is 25.4 Å². The van der Waals surface area contributed by atoms with Gasteiger partial charge in [0.05, 0.1) is 5.56 Å². The zero-order valence-electron chi connectivity index (χ0n) is 13.5. The van der Waals surface area contributed by atoms with Gasteiger partial charge in [-0.1, -0.05) is 0 Å². The van der Waals surface area contributed by atoms with Crippen LogP contribution in [0.3, 0.4) is 0 Å². The van der Waals surface area contributed by atoms with Crippen LogP contribution in [0.25, 0.3) is 0 Å². The van der Waals surface area contributed by atoms with E-state index in [9.17, 15) is 13.2 Å². The van der Waals surface area contributed by atoms with Crippen LogP contribution < -0.4 is 10.2 Å². The number of rotatable bonds is 4. The summed E-state index contributed by atoms with van der Waals surface area (Å²) in [6.45, 7) is 1.88. The summed E-state index contributed by atoms with van der Waals surface area (Å²) in [6, 6.07) is 7.54. The fourth-order valence-corrected chi connectivity index (χ4v) is 3.03. The van der Waals surface area contributed by atoms with E-state index in [0.717, 1.165) is 38.1 Å². The molecule has 1 aromatic carbocycles. The molecule has 0 spiro atoms. The molecule has 2 aromatic rings. The molecule has 0 aliphatic carbocycles. The van der Waals surface area contributed by atoms with Gasteiger partial charge in [-0.3, -0.25) is 0 Å². The largest absolute Gasteiger partial charge is 0.349 e. The van der Waals surface area contributed by atoms with Gasteiger partial charge >= 0.3 is 0 Å². The minimum atomic E-state index is -1.46. The van der Waals surface area contributed by atoms with Crippen LogP contribution >= 0.6 is 0 Å². The minimum Gasteiger partial charge on any atom is -0.349 e. The van der Waals surface area contributed by atoms with E-state index in [1.165, 1.54) is 6.20 Å². The standard InChI is InChI=1S/C18H17F3N4/c19-15-7-13(8-16(20)18(15)21)11-25(14-3-5-23-6-4-14)17-2-1-12(9-22)10-24-17/h1-2,7-8,10,14,23H,3-6,11H2. The smallest absolute Gasteiger partial charge is 0.194 e. The Kier molecular flexibility index (Phi) is 5.19. The summed E-state index contributed by atoms with van der Waals surface area (Å²) in [5.41, 5.74) is 0.772. The molecule has 1 aliphatic heterocycles. The lowest BCUT2D eigenvalue weighted by atomic mass is 10.0. The molecule has 1 saturated heterocycles. The third-order valence-electron chi connectivity index (χ3n) is 4.32. The predicted octanol–water partition coefficient (Wildman–Crippen LogP) is 3.13. The number of nitrogens with one attached hydrogen (secondary N) is 1. The van der Waals surface area contributed by atoms with Crippen molar-refractivity contribution in [3.05, 3.63) is 59.0 Å². The van der Waals surface area contributed by atoms with E-state index in [2.05, 4.69) is 10.3 Å². The molecule has 1 aliphatic rings. The third kappa shape index (κ3) is 3.91. The number of nitrogens with zero attached hydrogens (tertiary/aromatic N) is 3. The molecule has 25 heavy (non-hydrogen) atoms. The Bertz CT molecular complexity index is 757. The monoisotopic (exact) mass is 346 g/mol. The lowest BCUT2D eigenvalue weighted by molar-refractivity contribution is 0.422. The van der Waals surface area contributed by atoms with Crippen molar-refractivity contribution in [2.24, 2.45) is 0 Å². The maximum Gasteiger partial charge on any atom is 0.194 e. The second kappa shape index (κ2) is 7.53. The first-order valence-electron chi connectivity index (χ1n) is 8.05. The highest BCUT2D eigenvalue weighted by atomic mass is 19.2. The van der Waals surface area contributed by atoms with E-state index >= 15 is 0 Å². The molecular formula is C18H17F3N4. The summed E-state index contributed by atoms with van der Waals surface area (Å²) in [5, 5.41) is 12.2. The van der Waals surface area contributed by atoms with E-state index in [-0.39, 0.29) is 12.6 Å². The van der Waals surface area contributed by atoms with Gasteiger partial charge in [0.15, 0.2) is 17.5 Å². The topological polar surface area (TPSA) is 52.0 Å².